The van der Waals surface area contributed by atoms with Crippen LogP contribution < -0.4 is 19.5 Å². The maximum atomic E-state index is 12.6. The molecule has 0 radical (unpaired) electrons. The first kappa shape index (κ1) is 23.5. The molecule has 0 aromatic heterocycles. The highest BCUT2D eigenvalue weighted by Crippen LogP contribution is 2.28. The van der Waals surface area contributed by atoms with Gasteiger partial charge in [0, 0.05) is 11.6 Å². The molecule has 164 valence electrons. The molecule has 0 saturated heterocycles. The number of ether oxygens (including phenoxy) is 2. The minimum atomic E-state index is -4.54. The van der Waals surface area contributed by atoms with E-state index in [0.29, 0.717) is 0 Å². The molecule has 11 heteroatoms. The number of carbonyl (C=O) groups is 1. The van der Waals surface area contributed by atoms with Gasteiger partial charge in [-0.3, -0.25) is 4.79 Å². The van der Waals surface area contributed by atoms with Gasteiger partial charge in [-0.15, -0.1) is 0 Å². The minimum absolute atomic E-state index is 0.00674. The second-order valence-electron chi connectivity index (χ2n) is 6.50. The lowest BCUT2D eigenvalue weighted by molar-refractivity contribution is -0.153. The number of hydrogen-bond donors (Lipinski definition) is 2. The van der Waals surface area contributed by atoms with Crippen LogP contribution in [0.5, 0.6) is 11.5 Å². The Hall–Kier alpha value is -2.79. The molecule has 0 aliphatic rings. The smallest absolute Gasteiger partial charge is 0.422 e. The fourth-order valence-corrected chi connectivity index (χ4v) is 3.90. The Bertz CT molecular complexity index is 1010. The van der Waals surface area contributed by atoms with Gasteiger partial charge in [0.05, 0.1) is 12.8 Å². The standard InChI is InChI=1S/C19H21F3N2O5S/c1-12(2)24-30(26,27)17-10-13(8-9-16(17)28-3)18(25)23-14-6-4-5-7-15(14)29-11-19(20,21)22/h4-10,12,24H,11H2,1-3H3,(H,23,25). The van der Waals surface area contributed by atoms with Gasteiger partial charge in [0.2, 0.25) is 10.0 Å². The minimum Gasteiger partial charge on any atom is -0.495 e. The average molecular weight is 446 g/mol. The van der Waals surface area contributed by atoms with Crippen molar-refractivity contribution < 1.29 is 35.9 Å². The highest BCUT2D eigenvalue weighted by atomic mass is 32.2. The molecule has 0 bridgehead atoms. The number of carbonyl (C=O) groups excluding carboxylic acids is 1. The number of halogens is 3. The van der Waals surface area contributed by atoms with Crippen LogP contribution in [0.3, 0.4) is 0 Å². The number of benzene rings is 2. The molecular weight excluding hydrogens is 425 g/mol. The van der Waals surface area contributed by atoms with E-state index in [-0.39, 0.29) is 27.6 Å². The zero-order valence-corrected chi connectivity index (χ0v) is 17.2. The number of amides is 1. The van der Waals surface area contributed by atoms with Crippen LogP contribution in [0.1, 0.15) is 24.2 Å². The first-order valence-electron chi connectivity index (χ1n) is 8.73. The van der Waals surface area contributed by atoms with E-state index in [9.17, 15) is 26.4 Å². The zero-order chi connectivity index (χ0) is 22.5. The number of hydrogen-bond acceptors (Lipinski definition) is 5. The molecule has 1 amide bonds. The van der Waals surface area contributed by atoms with Gasteiger partial charge in [0.15, 0.2) is 6.61 Å². The third kappa shape index (κ3) is 6.36. The molecule has 2 N–H and O–H groups in total. The van der Waals surface area contributed by atoms with Gasteiger partial charge >= 0.3 is 6.18 Å². The predicted octanol–water partition coefficient (Wildman–Crippen LogP) is 3.58. The zero-order valence-electron chi connectivity index (χ0n) is 16.4. The van der Waals surface area contributed by atoms with Crippen molar-refractivity contribution in [3.63, 3.8) is 0 Å². The fraction of sp³-hybridized carbons (Fsp3) is 0.316. The van der Waals surface area contributed by atoms with E-state index in [4.69, 9.17) is 9.47 Å². The van der Waals surface area contributed by atoms with Crippen LogP contribution in [0.4, 0.5) is 18.9 Å². The van der Waals surface area contributed by atoms with Crippen LogP contribution in [-0.4, -0.2) is 40.3 Å². The van der Waals surface area contributed by atoms with Crippen molar-refractivity contribution in [1.29, 1.82) is 0 Å². The summed E-state index contributed by atoms with van der Waals surface area (Å²) >= 11 is 0. The largest absolute Gasteiger partial charge is 0.495 e. The van der Waals surface area contributed by atoms with Crippen LogP contribution in [0.25, 0.3) is 0 Å². The van der Waals surface area contributed by atoms with Gasteiger partial charge in [-0.05, 0) is 44.2 Å². The number of rotatable bonds is 8. The summed E-state index contributed by atoms with van der Waals surface area (Å²) in [5.74, 6) is -0.874. The summed E-state index contributed by atoms with van der Waals surface area (Å²) in [6, 6.07) is 8.98. The van der Waals surface area contributed by atoms with Gasteiger partial charge in [0.1, 0.15) is 16.4 Å². The third-order valence-electron chi connectivity index (χ3n) is 3.63. The Morgan fingerprint density at radius 3 is 2.37 bits per heavy atom. The molecule has 30 heavy (non-hydrogen) atoms. The highest BCUT2D eigenvalue weighted by molar-refractivity contribution is 7.89. The molecular formula is C19H21F3N2O5S. The Kier molecular flexibility index (Phi) is 7.32. The van der Waals surface area contributed by atoms with E-state index in [2.05, 4.69) is 10.0 Å². The predicted molar refractivity (Wildman–Crippen MR) is 104 cm³/mol. The van der Waals surface area contributed by atoms with Crippen LogP contribution in [0.2, 0.25) is 0 Å². The van der Waals surface area contributed by atoms with E-state index < -0.39 is 34.8 Å². The molecule has 0 unspecified atom stereocenters. The summed E-state index contributed by atoms with van der Waals surface area (Å²) in [7, 11) is -2.68. The third-order valence-corrected chi connectivity index (χ3v) is 5.31. The lowest BCUT2D eigenvalue weighted by atomic mass is 10.2. The molecule has 0 atom stereocenters. The lowest BCUT2D eigenvalue weighted by Gasteiger charge is -2.15. The average Bonchev–Trinajstić information content (AvgIpc) is 2.65. The van der Waals surface area contributed by atoms with E-state index in [0.717, 1.165) is 6.07 Å². The van der Waals surface area contributed by atoms with Crippen molar-refractivity contribution in [2.45, 2.75) is 31.0 Å². The van der Waals surface area contributed by atoms with E-state index in [1.807, 2.05) is 0 Å². The number of methoxy groups -OCH3 is 1. The summed E-state index contributed by atoms with van der Waals surface area (Å²) in [4.78, 5) is 12.4. The van der Waals surface area contributed by atoms with Gasteiger partial charge in [0.25, 0.3) is 5.91 Å². The van der Waals surface area contributed by atoms with Crippen molar-refractivity contribution in [3.05, 3.63) is 48.0 Å². The summed E-state index contributed by atoms with van der Waals surface area (Å²) in [6.07, 6.45) is -4.54. The topological polar surface area (TPSA) is 93.7 Å². The first-order chi connectivity index (χ1) is 13.9. The SMILES string of the molecule is COc1ccc(C(=O)Nc2ccccc2OCC(F)(F)F)cc1S(=O)(=O)NC(C)C. The van der Waals surface area contributed by atoms with Crippen molar-refractivity contribution >= 4 is 21.6 Å². The number of alkyl halides is 3. The van der Waals surface area contributed by atoms with Crippen LogP contribution in [0, 0.1) is 0 Å². The Morgan fingerprint density at radius 2 is 1.77 bits per heavy atom. The van der Waals surface area contributed by atoms with Crippen molar-refractivity contribution in [3.8, 4) is 11.5 Å². The number of nitrogens with one attached hydrogen (secondary N) is 2. The molecule has 0 saturated carbocycles. The Morgan fingerprint density at radius 1 is 1.10 bits per heavy atom. The molecule has 0 spiro atoms. The van der Waals surface area contributed by atoms with Gasteiger partial charge in [-0.25, -0.2) is 13.1 Å². The van der Waals surface area contributed by atoms with E-state index >= 15 is 0 Å². The molecule has 0 aliphatic carbocycles. The summed E-state index contributed by atoms with van der Waals surface area (Å²) in [6.45, 7) is 1.75. The van der Waals surface area contributed by atoms with Gasteiger partial charge in [-0.2, -0.15) is 13.2 Å². The molecule has 2 aromatic carbocycles. The number of sulfonamides is 1. The van der Waals surface area contributed by atoms with Gasteiger partial charge in [-0.1, -0.05) is 12.1 Å². The summed E-state index contributed by atoms with van der Waals surface area (Å²) < 4.78 is 74.6. The summed E-state index contributed by atoms with van der Waals surface area (Å²) in [5.41, 5.74) is -0.0298. The van der Waals surface area contributed by atoms with Crippen molar-refractivity contribution in [2.24, 2.45) is 0 Å². The van der Waals surface area contributed by atoms with Gasteiger partial charge < -0.3 is 14.8 Å². The maximum absolute atomic E-state index is 12.6. The summed E-state index contributed by atoms with van der Waals surface area (Å²) in [5, 5.41) is 2.43. The lowest BCUT2D eigenvalue weighted by Crippen LogP contribution is -2.30. The van der Waals surface area contributed by atoms with Crippen molar-refractivity contribution in [2.75, 3.05) is 19.0 Å². The van der Waals surface area contributed by atoms with E-state index in [1.54, 1.807) is 13.8 Å². The van der Waals surface area contributed by atoms with Crippen LogP contribution in [0.15, 0.2) is 47.4 Å². The molecule has 7 nitrogen and oxygen atoms in total. The Labute approximate surface area is 172 Å². The first-order valence-corrected chi connectivity index (χ1v) is 10.2. The molecule has 2 aromatic rings. The Balaban J connectivity index is 2.32. The highest BCUT2D eigenvalue weighted by Gasteiger charge is 2.29. The fourth-order valence-electron chi connectivity index (χ4n) is 2.45. The number of para-hydroxylation sites is 2. The second-order valence-corrected chi connectivity index (χ2v) is 8.18. The number of anilines is 1. The van der Waals surface area contributed by atoms with Crippen LogP contribution in [-0.2, 0) is 10.0 Å². The molecule has 2 rings (SSSR count). The molecule has 0 heterocycles. The second kappa shape index (κ2) is 9.35. The quantitative estimate of drug-likeness (QED) is 0.647. The monoisotopic (exact) mass is 446 g/mol. The molecule has 0 aliphatic heterocycles. The maximum Gasteiger partial charge on any atom is 0.422 e. The molecule has 0 fully saturated rings. The van der Waals surface area contributed by atoms with Crippen molar-refractivity contribution in [1.82, 2.24) is 4.72 Å². The normalized spacial score (nSPS) is 12.0. The van der Waals surface area contributed by atoms with E-state index in [1.165, 1.54) is 43.5 Å². The van der Waals surface area contributed by atoms with Crippen LogP contribution >= 0.6 is 0 Å².